The second-order valence-corrected chi connectivity index (χ2v) is 4.59. The lowest BCUT2D eigenvalue weighted by atomic mass is 10.1. The highest BCUT2D eigenvalue weighted by atomic mass is 16.5. The molecule has 1 aliphatic heterocycles. The van der Waals surface area contributed by atoms with Crippen molar-refractivity contribution in [3.8, 4) is 0 Å². The summed E-state index contributed by atoms with van der Waals surface area (Å²) in [5, 5.41) is 2.81. The first-order valence-electron chi connectivity index (χ1n) is 5.66. The van der Waals surface area contributed by atoms with Gasteiger partial charge in [0.05, 0.1) is 5.56 Å². The van der Waals surface area contributed by atoms with E-state index in [2.05, 4.69) is 5.32 Å². The molecule has 4 nitrogen and oxygen atoms in total. The van der Waals surface area contributed by atoms with Crippen molar-refractivity contribution in [1.29, 1.82) is 0 Å². The van der Waals surface area contributed by atoms with E-state index in [1.165, 1.54) is 0 Å². The topological polar surface area (TPSA) is 55.4 Å². The number of anilines is 1. The van der Waals surface area contributed by atoms with Crippen LogP contribution in [0.4, 0.5) is 5.69 Å². The van der Waals surface area contributed by atoms with Crippen LogP contribution in [0.25, 0.3) is 0 Å². The van der Waals surface area contributed by atoms with Crippen LogP contribution in [-0.4, -0.2) is 11.9 Å². The van der Waals surface area contributed by atoms with Gasteiger partial charge in [-0.2, -0.15) is 0 Å². The molecule has 0 bridgehead atoms. The average Bonchev–Trinajstić information content (AvgIpc) is 2.58. The number of hydrogen-bond acceptors (Lipinski definition) is 3. The van der Waals surface area contributed by atoms with E-state index in [1.807, 2.05) is 13.8 Å². The second-order valence-electron chi connectivity index (χ2n) is 4.59. The summed E-state index contributed by atoms with van der Waals surface area (Å²) in [5.74, 6) is 0.0274. The van der Waals surface area contributed by atoms with Crippen molar-refractivity contribution in [2.75, 3.05) is 5.32 Å². The van der Waals surface area contributed by atoms with Gasteiger partial charge < -0.3 is 10.1 Å². The van der Waals surface area contributed by atoms with Crippen LogP contribution in [0.2, 0.25) is 0 Å². The molecule has 0 saturated heterocycles. The fourth-order valence-electron chi connectivity index (χ4n) is 1.79. The number of carbonyl (C=O) groups is 2. The number of amides is 1. The quantitative estimate of drug-likeness (QED) is 0.815. The minimum absolute atomic E-state index is 0.00908. The molecule has 1 aromatic rings. The zero-order valence-corrected chi connectivity index (χ0v) is 9.95. The molecule has 1 heterocycles. The van der Waals surface area contributed by atoms with Crippen molar-refractivity contribution in [2.24, 2.45) is 5.92 Å². The molecule has 1 aliphatic rings. The highest BCUT2D eigenvalue weighted by Crippen LogP contribution is 2.23. The summed E-state index contributed by atoms with van der Waals surface area (Å²) in [5.41, 5.74) is 2.14. The van der Waals surface area contributed by atoms with Gasteiger partial charge in [-0.1, -0.05) is 13.8 Å². The van der Waals surface area contributed by atoms with Crippen LogP contribution < -0.4 is 5.32 Å². The Morgan fingerprint density at radius 1 is 1.47 bits per heavy atom. The summed E-state index contributed by atoms with van der Waals surface area (Å²) >= 11 is 0. The molecule has 90 valence electrons. The van der Waals surface area contributed by atoms with E-state index < -0.39 is 0 Å². The Hall–Kier alpha value is -1.84. The summed E-state index contributed by atoms with van der Waals surface area (Å²) in [4.78, 5) is 22.8. The van der Waals surface area contributed by atoms with Crippen molar-refractivity contribution < 1.29 is 14.3 Å². The smallest absolute Gasteiger partial charge is 0.338 e. The van der Waals surface area contributed by atoms with Crippen molar-refractivity contribution in [3.63, 3.8) is 0 Å². The first-order chi connectivity index (χ1) is 8.06. The first-order valence-corrected chi connectivity index (χ1v) is 5.66. The van der Waals surface area contributed by atoms with Gasteiger partial charge in [-0.3, -0.25) is 4.79 Å². The molecule has 2 rings (SSSR count). The van der Waals surface area contributed by atoms with Gasteiger partial charge in [0, 0.05) is 17.7 Å². The largest absolute Gasteiger partial charge is 0.457 e. The number of nitrogens with one attached hydrogen (secondary N) is 1. The highest BCUT2D eigenvalue weighted by Gasteiger charge is 2.21. The number of fused-ring (bicyclic) bond motifs is 1. The predicted octanol–water partition coefficient (Wildman–Crippen LogP) is 2.34. The molecule has 0 unspecified atom stereocenters. The monoisotopic (exact) mass is 233 g/mol. The lowest BCUT2D eigenvalue weighted by Crippen LogP contribution is -2.14. The molecule has 0 atom stereocenters. The number of hydrogen-bond donors (Lipinski definition) is 1. The third-order valence-corrected chi connectivity index (χ3v) is 2.56. The number of cyclic esters (lactones) is 1. The maximum atomic E-state index is 11.6. The Morgan fingerprint density at radius 2 is 2.24 bits per heavy atom. The summed E-state index contributed by atoms with van der Waals surface area (Å²) in [6.45, 7) is 4.28. The molecule has 0 aromatic heterocycles. The number of benzene rings is 1. The third kappa shape index (κ3) is 2.64. The predicted molar refractivity (Wildman–Crippen MR) is 63.6 cm³/mol. The first kappa shape index (κ1) is 11.6. The average molecular weight is 233 g/mol. The molecular formula is C13H15NO3. The van der Waals surface area contributed by atoms with Crippen molar-refractivity contribution in [2.45, 2.75) is 26.9 Å². The summed E-state index contributed by atoms with van der Waals surface area (Å²) < 4.78 is 4.90. The van der Waals surface area contributed by atoms with Gasteiger partial charge in [-0.05, 0) is 24.1 Å². The number of esters is 1. The maximum absolute atomic E-state index is 11.6. The Balaban J connectivity index is 2.09. The molecule has 4 heteroatoms. The van der Waals surface area contributed by atoms with E-state index in [-0.39, 0.29) is 11.9 Å². The summed E-state index contributed by atoms with van der Waals surface area (Å²) in [7, 11) is 0. The molecule has 1 N–H and O–H groups in total. The standard InChI is InChI=1S/C13H15NO3/c1-8(2)5-12(15)14-10-3-4-11-9(6-10)7-17-13(11)16/h3-4,6,8H,5,7H2,1-2H3,(H,14,15). The van der Waals surface area contributed by atoms with Gasteiger partial charge in [-0.25, -0.2) is 4.79 Å². The fraction of sp³-hybridized carbons (Fsp3) is 0.385. The molecule has 0 radical (unpaired) electrons. The molecule has 1 amide bonds. The van der Waals surface area contributed by atoms with Crippen LogP contribution in [0, 0.1) is 5.92 Å². The van der Waals surface area contributed by atoms with Gasteiger partial charge in [0.1, 0.15) is 6.61 Å². The Labute approximate surface area is 100.0 Å². The van der Waals surface area contributed by atoms with E-state index in [0.717, 1.165) is 5.56 Å². The summed E-state index contributed by atoms with van der Waals surface area (Å²) in [6.07, 6.45) is 0.493. The zero-order valence-electron chi connectivity index (χ0n) is 9.95. The van der Waals surface area contributed by atoms with Crippen LogP contribution in [0.3, 0.4) is 0 Å². The lowest BCUT2D eigenvalue weighted by Gasteiger charge is -2.07. The molecule has 1 aromatic carbocycles. The van der Waals surface area contributed by atoms with Crippen LogP contribution in [0.15, 0.2) is 18.2 Å². The number of ether oxygens (including phenoxy) is 1. The number of carbonyl (C=O) groups excluding carboxylic acids is 2. The zero-order chi connectivity index (χ0) is 12.4. The molecule has 0 aliphatic carbocycles. The van der Waals surface area contributed by atoms with Gasteiger partial charge in [0.15, 0.2) is 0 Å². The molecule has 0 spiro atoms. The van der Waals surface area contributed by atoms with Crippen LogP contribution >= 0.6 is 0 Å². The molecule has 0 fully saturated rings. The fourth-order valence-corrected chi connectivity index (χ4v) is 1.79. The van der Waals surface area contributed by atoms with Gasteiger partial charge in [-0.15, -0.1) is 0 Å². The van der Waals surface area contributed by atoms with Gasteiger partial charge in [0.2, 0.25) is 5.91 Å². The SMILES string of the molecule is CC(C)CC(=O)Nc1ccc2c(c1)COC2=O. The maximum Gasteiger partial charge on any atom is 0.338 e. The van der Waals surface area contributed by atoms with E-state index in [0.29, 0.717) is 30.2 Å². The van der Waals surface area contributed by atoms with E-state index in [1.54, 1.807) is 18.2 Å². The van der Waals surface area contributed by atoms with Crippen LogP contribution in [0.1, 0.15) is 36.2 Å². The van der Waals surface area contributed by atoms with Crippen molar-refractivity contribution in [1.82, 2.24) is 0 Å². The molecular weight excluding hydrogens is 218 g/mol. The lowest BCUT2D eigenvalue weighted by molar-refractivity contribution is -0.116. The highest BCUT2D eigenvalue weighted by molar-refractivity contribution is 5.95. The van der Waals surface area contributed by atoms with Crippen molar-refractivity contribution in [3.05, 3.63) is 29.3 Å². The van der Waals surface area contributed by atoms with Crippen LogP contribution in [0.5, 0.6) is 0 Å². The normalized spacial score (nSPS) is 13.5. The Morgan fingerprint density at radius 3 is 2.94 bits per heavy atom. The van der Waals surface area contributed by atoms with Gasteiger partial charge >= 0.3 is 5.97 Å². The van der Waals surface area contributed by atoms with Crippen molar-refractivity contribution >= 4 is 17.6 Å². The van der Waals surface area contributed by atoms with E-state index in [9.17, 15) is 9.59 Å². The second kappa shape index (κ2) is 4.57. The van der Waals surface area contributed by atoms with Gasteiger partial charge in [0.25, 0.3) is 0 Å². The third-order valence-electron chi connectivity index (χ3n) is 2.56. The minimum Gasteiger partial charge on any atom is -0.457 e. The van der Waals surface area contributed by atoms with Crippen LogP contribution in [-0.2, 0) is 16.1 Å². The Kier molecular flexibility index (Phi) is 3.13. The summed E-state index contributed by atoms with van der Waals surface area (Å²) in [6, 6.07) is 5.21. The van der Waals surface area contributed by atoms with E-state index >= 15 is 0 Å². The van der Waals surface area contributed by atoms with E-state index in [4.69, 9.17) is 4.74 Å². The molecule has 17 heavy (non-hydrogen) atoms. The Bertz CT molecular complexity index is 466. The minimum atomic E-state index is -0.292. The molecule has 0 saturated carbocycles. The number of rotatable bonds is 3.